The van der Waals surface area contributed by atoms with Crippen LogP contribution in [0.3, 0.4) is 0 Å². The van der Waals surface area contributed by atoms with Crippen LogP contribution < -0.4 is 14.5 Å². The lowest BCUT2D eigenvalue weighted by atomic mass is 9.99. The van der Waals surface area contributed by atoms with Crippen LogP contribution in [-0.2, 0) is 24.3 Å². The van der Waals surface area contributed by atoms with Crippen LogP contribution in [0.5, 0.6) is 6.01 Å². The SMILES string of the molecule is Cc1c(F)ccc2cccc(N3CCc4c(nc(OCC5(CN6CCCC6)CC5)nc4N4CCN(C(=O)OCc5ccccc5)C(CC#N)C4)C3)c12. The first-order valence-electron chi connectivity index (χ1n) is 18.7. The monoisotopic (exact) mass is 703 g/mol. The Kier molecular flexibility index (Phi) is 9.58. The molecule has 52 heavy (non-hydrogen) atoms. The van der Waals surface area contributed by atoms with Crippen molar-refractivity contribution in [3.8, 4) is 12.1 Å². The van der Waals surface area contributed by atoms with E-state index in [4.69, 9.17) is 19.4 Å². The lowest BCUT2D eigenvalue weighted by Gasteiger charge is -2.42. The van der Waals surface area contributed by atoms with Gasteiger partial charge in [0, 0.05) is 54.8 Å². The zero-order chi connectivity index (χ0) is 35.7. The first-order chi connectivity index (χ1) is 25.4. The molecule has 1 aromatic heterocycles. The number of aromatic nitrogens is 2. The highest BCUT2D eigenvalue weighted by Crippen LogP contribution is 2.47. The standard InChI is InChI=1S/C41H46FN7O3/c1-29-34(42)13-12-31-10-7-11-36(37(29)31)47-21-15-33-35(25-47)44-39(52-28-41(16-17-41)27-46-19-5-6-20-46)45-38(33)48-22-23-49(32(24-48)14-18-43)40(50)51-26-30-8-3-2-4-9-30/h2-4,7-13,32H,5-6,14-17,19-28H2,1H3. The van der Waals surface area contributed by atoms with Crippen molar-refractivity contribution >= 4 is 28.4 Å². The summed E-state index contributed by atoms with van der Waals surface area (Å²) < 4.78 is 27.0. The third-order valence-corrected chi connectivity index (χ3v) is 11.4. The fourth-order valence-corrected chi connectivity index (χ4v) is 8.22. The van der Waals surface area contributed by atoms with E-state index in [-0.39, 0.29) is 30.3 Å². The van der Waals surface area contributed by atoms with Crippen LogP contribution >= 0.6 is 0 Å². The number of halogens is 1. The van der Waals surface area contributed by atoms with Gasteiger partial charge in [0.2, 0.25) is 0 Å². The lowest BCUT2D eigenvalue weighted by Crippen LogP contribution is -2.55. The van der Waals surface area contributed by atoms with E-state index in [1.54, 1.807) is 4.90 Å². The molecule has 1 amide bonds. The maximum Gasteiger partial charge on any atom is 0.410 e. The number of fused-ring (bicyclic) bond motifs is 2. The van der Waals surface area contributed by atoms with Gasteiger partial charge in [-0.15, -0.1) is 0 Å². The maximum atomic E-state index is 14.8. The third kappa shape index (κ3) is 7.09. The Morgan fingerprint density at radius 3 is 2.60 bits per heavy atom. The number of anilines is 2. The number of nitrogens with zero attached hydrogens (tertiary/aromatic N) is 7. The summed E-state index contributed by atoms with van der Waals surface area (Å²) in [6.07, 6.45) is 5.27. The molecule has 3 fully saturated rings. The summed E-state index contributed by atoms with van der Waals surface area (Å²) in [5, 5.41) is 11.7. The summed E-state index contributed by atoms with van der Waals surface area (Å²) in [4.78, 5) is 32.2. The molecule has 0 radical (unpaired) electrons. The van der Waals surface area contributed by atoms with Gasteiger partial charge >= 0.3 is 12.1 Å². The highest BCUT2D eigenvalue weighted by atomic mass is 19.1. The molecular weight excluding hydrogens is 657 g/mol. The number of ether oxygens (including phenoxy) is 2. The molecule has 8 rings (SSSR count). The molecule has 1 saturated carbocycles. The molecule has 0 N–H and O–H groups in total. The molecular formula is C41H46FN7O3. The summed E-state index contributed by atoms with van der Waals surface area (Å²) in [7, 11) is 0. The van der Waals surface area contributed by atoms with E-state index in [0.29, 0.717) is 57.3 Å². The number of benzene rings is 3. The van der Waals surface area contributed by atoms with E-state index >= 15 is 0 Å². The van der Waals surface area contributed by atoms with Gasteiger partial charge in [-0.1, -0.05) is 48.5 Å². The van der Waals surface area contributed by atoms with Crippen molar-refractivity contribution in [1.29, 1.82) is 5.26 Å². The van der Waals surface area contributed by atoms with Crippen LogP contribution in [0.25, 0.3) is 10.8 Å². The van der Waals surface area contributed by atoms with Crippen LogP contribution in [0.4, 0.5) is 20.7 Å². The van der Waals surface area contributed by atoms with Crippen LogP contribution in [0.15, 0.2) is 60.7 Å². The van der Waals surface area contributed by atoms with Crippen LogP contribution in [-0.4, -0.2) is 84.3 Å². The van der Waals surface area contributed by atoms with Gasteiger partial charge < -0.3 is 29.1 Å². The molecule has 1 aliphatic carbocycles. The van der Waals surface area contributed by atoms with Crippen molar-refractivity contribution < 1.29 is 18.7 Å². The van der Waals surface area contributed by atoms with E-state index in [1.165, 1.54) is 18.9 Å². The van der Waals surface area contributed by atoms with Gasteiger partial charge in [0.05, 0.1) is 37.4 Å². The van der Waals surface area contributed by atoms with E-state index in [2.05, 4.69) is 26.8 Å². The fourth-order valence-electron chi connectivity index (χ4n) is 8.22. The van der Waals surface area contributed by atoms with Gasteiger partial charge in [-0.05, 0) is 80.8 Å². The van der Waals surface area contributed by atoms with Gasteiger partial charge in [0.25, 0.3) is 0 Å². The van der Waals surface area contributed by atoms with Gasteiger partial charge in [-0.3, -0.25) is 0 Å². The average Bonchev–Trinajstić information content (AvgIpc) is 3.75. The van der Waals surface area contributed by atoms with E-state index in [0.717, 1.165) is 71.6 Å². The third-order valence-electron chi connectivity index (χ3n) is 11.4. The maximum absolute atomic E-state index is 14.8. The summed E-state index contributed by atoms with van der Waals surface area (Å²) in [5.41, 5.74) is 4.63. The van der Waals surface area contributed by atoms with Crippen molar-refractivity contribution in [2.45, 2.75) is 64.6 Å². The second kappa shape index (κ2) is 14.6. The number of aryl methyl sites for hydroxylation is 1. The minimum Gasteiger partial charge on any atom is -0.463 e. The Labute approximate surface area is 304 Å². The number of nitriles is 1. The Morgan fingerprint density at radius 2 is 1.81 bits per heavy atom. The molecule has 0 bridgehead atoms. The number of carbonyl (C=O) groups excluding carboxylic acids is 1. The number of piperazine rings is 1. The van der Waals surface area contributed by atoms with E-state index in [9.17, 15) is 14.4 Å². The zero-order valence-electron chi connectivity index (χ0n) is 29.9. The highest BCUT2D eigenvalue weighted by molar-refractivity contribution is 5.97. The van der Waals surface area contributed by atoms with E-state index < -0.39 is 6.09 Å². The van der Waals surface area contributed by atoms with Crippen molar-refractivity contribution in [3.05, 3.63) is 88.9 Å². The summed E-state index contributed by atoms with van der Waals surface area (Å²) >= 11 is 0. The largest absolute Gasteiger partial charge is 0.463 e. The average molecular weight is 704 g/mol. The van der Waals surface area contributed by atoms with Crippen molar-refractivity contribution in [3.63, 3.8) is 0 Å². The first kappa shape index (κ1) is 34.2. The number of carbonyl (C=O) groups is 1. The smallest absolute Gasteiger partial charge is 0.410 e. The number of likely N-dealkylation sites (tertiary alicyclic amines) is 1. The molecule has 10 nitrogen and oxygen atoms in total. The molecule has 270 valence electrons. The van der Waals surface area contributed by atoms with Gasteiger partial charge in [-0.2, -0.15) is 15.2 Å². The first-order valence-corrected chi connectivity index (χ1v) is 18.7. The molecule has 1 atom stereocenters. The predicted octanol–water partition coefficient (Wildman–Crippen LogP) is 6.64. The number of hydrogen-bond donors (Lipinski definition) is 0. The molecule has 3 aliphatic heterocycles. The minimum absolute atomic E-state index is 0.143. The second-order valence-electron chi connectivity index (χ2n) is 14.9. The molecule has 0 spiro atoms. The quantitative estimate of drug-likeness (QED) is 0.180. The van der Waals surface area contributed by atoms with Gasteiger partial charge in [-0.25, -0.2) is 9.18 Å². The fraction of sp³-hybridized carbons (Fsp3) is 0.463. The highest BCUT2D eigenvalue weighted by Gasteiger charge is 2.45. The summed E-state index contributed by atoms with van der Waals surface area (Å²) in [6, 6.07) is 21.4. The number of hydrogen-bond acceptors (Lipinski definition) is 9. The van der Waals surface area contributed by atoms with Crippen molar-refractivity contribution in [2.75, 3.05) is 62.2 Å². The second-order valence-corrected chi connectivity index (χ2v) is 14.9. The van der Waals surface area contributed by atoms with Crippen molar-refractivity contribution in [1.82, 2.24) is 19.8 Å². The van der Waals surface area contributed by atoms with Crippen LogP contribution in [0, 0.1) is 29.5 Å². The molecule has 3 aromatic carbocycles. The lowest BCUT2D eigenvalue weighted by molar-refractivity contribution is 0.0767. The molecule has 4 heterocycles. The van der Waals surface area contributed by atoms with Gasteiger partial charge in [0.15, 0.2) is 0 Å². The summed E-state index contributed by atoms with van der Waals surface area (Å²) in [6.45, 7) is 8.59. The summed E-state index contributed by atoms with van der Waals surface area (Å²) in [5.74, 6) is 0.597. The molecule has 2 saturated heterocycles. The Balaban J connectivity index is 1.07. The van der Waals surface area contributed by atoms with E-state index in [1.807, 2.05) is 55.5 Å². The Bertz CT molecular complexity index is 1970. The molecule has 11 heteroatoms. The van der Waals surface area contributed by atoms with Gasteiger partial charge in [0.1, 0.15) is 18.2 Å². The van der Waals surface area contributed by atoms with Crippen LogP contribution in [0.1, 0.15) is 54.5 Å². The predicted molar refractivity (Wildman–Crippen MR) is 198 cm³/mol. The minimum atomic E-state index is -0.414. The molecule has 1 unspecified atom stereocenters. The van der Waals surface area contributed by atoms with Crippen LogP contribution in [0.2, 0.25) is 0 Å². The normalized spacial score (nSPS) is 19.7. The topological polar surface area (TPSA) is 98.1 Å². The zero-order valence-corrected chi connectivity index (χ0v) is 29.9. The Hall–Kier alpha value is -4.95. The Morgan fingerprint density at radius 1 is 0.981 bits per heavy atom. The molecule has 4 aliphatic rings. The molecule has 4 aromatic rings. The number of amides is 1. The number of rotatable bonds is 10. The van der Waals surface area contributed by atoms with Crippen molar-refractivity contribution in [2.24, 2.45) is 5.41 Å².